The third-order valence-electron chi connectivity index (χ3n) is 5.51. The minimum Gasteiger partial charge on any atom is -0.480 e. The number of rotatable bonds is 5. The Bertz CT molecular complexity index is 1150. The average Bonchev–Trinajstić information content (AvgIpc) is 3.13. The summed E-state index contributed by atoms with van der Waals surface area (Å²) in [5.74, 6) is 3.95. The molecule has 1 aliphatic carbocycles. The number of nitrogens with zero attached hydrogens (tertiary/aromatic N) is 2. The molecule has 2 heterocycles. The zero-order valence-corrected chi connectivity index (χ0v) is 16.6. The van der Waals surface area contributed by atoms with Crippen LogP contribution in [0.2, 0.25) is 0 Å². The van der Waals surface area contributed by atoms with Gasteiger partial charge in [-0.2, -0.15) is 0 Å². The molecule has 0 unspecified atom stereocenters. The van der Waals surface area contributed by atoms with Gasteiger partial charge in [-0.15, -0.1) is 6.42 Å². The van der Waals surface area contributed by atoms with E-state index >= 15 is 0 Å². The van der Waals surface area contributed by atoms with E-state index in [2.05, 4.69) is 15.9 Å². The molecule has 4 rings (SSSR count). The van der Waals surface area contributed by atoms with Crippen LogP contribution in [-0.4, -0.2) is 22.6 Å². The number of ether oxygens (including phenoxy) is 1. The summed E-state index contributed by atoms with van der Waals surface area (Å²) in [5.41, 5.74) is 10.1. The number of furan rings is 1. The van der Waals surface area contributed by atoms with Crippen LogP contribution in [0.3, 0.4) is 0 Å². The Balaban J connectivity index is 1.88. The van der Waals surface area contributed by atoms with Gasteiger partial charge in [-0.25, -0.2) is 9.97 Å². The number of hydrogen-bond acceptors (Lipinski definition) is 5. The second-order valence-corrected chi connectivity index (χ2v) is 7.32. The molecule has 1 saturated carbocycles. The number of terminal acetylenes is 1. The molecular weight excluding hydrogens is 362 g/mol. The van der Waals surface area contributed by atoms with Gasteiger partial charge in [-0.3, -0.25) is 0 Å². The van der Waals surface area contributed by atoms with Crippen LogP contribution < -0.4 is 10.5 Å². The SMILES string of the molecule is C#CC(=CC=C(C)c1oc2ncnc(OC)c2c1-c1ccccc1)C1(N)CCC1. The van der Waals surface area contributed by atoms with E-state index in [4.69, 9.17) is 21.3 Å². The molecule has 1 aliphatic rings. The van der Waals surface area contributed by atoms with Crippen molar-refractivity contribution in [2.45, 2.75) is 31.7 Å². The zero-order valence-electron chi connectivity index (χ0n) is 16.6. The van der Waals surface area contributed by atoms with Crippen LogP contribution in [0.5, 0.6) is 5.88 Å². The molecule has 0 saturated heterocycles. The van der Waals surface area contributed by atoms with Gasteiger partial charge >= 0.3 is 0 Å². The summed E-state index contributed by atoms with van der Waals surface area (Å²) in [7, 11) is 1.59. The maximum absolute atomic E-state index is 6.40. The van der Waals surface area contributed by atoms with Crippen molar-refractivity contribution in [3.05, 3.63) is 60.1 Å². The molecule has 2 N–H and O–H groups in total. The topological polar surface area (TPSA) is 74.2 Å². The quantitative estimate of drug-likeness (QED) is 0.507. The third-order valence-corrected chi connectivity index (χ3v) is 5.51. The van der Waals surface area contributed by atoms with E-state index in [1.807, 2.05) is 49.4 Å². The number of benzene rings is 1. The zero-order chi connectivity index (χ0) is 20.4. The fourth-order valence-corrected chi connectivity index (χ4v) is 3.69. The van der Waals surface area contributed by atoms with Crippen LogP contribution in [0.4, 0.5) is 0 Å². The Hall–Kier alpha value is -3.36. The highest BCUT2D eigenvalue weighted by molar-refractivity contribution is 6.01. The van der Waals surface area contributed by atoms with Crippen molar-refractivity contribution in [1.29, 1.82) is 0 Å². The molecule has 146 valence electrons. The average molecular weight is 385 g/mol. The smallest absolute Gasteiger partial charge is 0.234 e. The third kappa shape index (κ3) is 3.32. The summed E-state index contributed by atoms with van der Waals surface area (Å²) in [6, 6.07) is 10.00. The van der Waals surface area contributed by atoms with Gasteiger partial charge in [0.15, 0.2) is 0 Å². The number of aromatic nitrogens is 2. The molecule has 2 aromatic heterocycles. The Kier molecular flexibility index (Phi) is 4.96. The molecule has 1 aromatic carbocycles. The predicted molar refractivity (Wildman–Crippen MR) is 115 cm³/mol. The van der Waals surface area contributed by atoms with E-state index in [1.165, 1.54) is 6.33 Å². The molecule has 5 nitrogen and oxygen atoms in total. The molecule has 1 fully saturated rings. The first-order chi connectivity index (χ1) is 14.1. The standard InChI is InChI=1S/C24H23N3O2/c1-4-18(24(25)13-8-14-24)12-11-16(2)21-19(17-9-6-5-7-10-17)20-22(28-3)26-15-27-23(20)29-21/h1,5-7,9-12,15H,8,13-14,25H2,2-3H3. The molecule has 0 spiro atoms. The fraction of sp³-hybridized carbons (Fsp3) is 0.250. The summed E-state index contributed by atoms with van der Waals surface area (Å²) in [4.78, 5) is 8.55. The summed E-state index contributed by atoms with van der Waals surface area (Å²) < 4.78 is 11.6. The highest BCUT2D eigenvalue weighted by Crippen LogP contribution is 2.41. The summed E-state index contributed by atoms with van der Waals surface area (Å²) in [6.45, 7) is 1.98. The molecule has 5 heteroatoms. The Morgan fingerprint density at radius 1 is 1.24 bits per heavy atom. The first kappa shape index (κ1) is 19.0. The van der Waals surface area contributed by atoms with Crippen molar-refractivity contribution in [2.75, 3.05) is 7.11 Å². The van der Waals surface area contributed by atoms with Gasteiger partial charge in [-0.1, -0.05) is 42.3 Å². The molecular formula is C24H23N3O2. The number of fused-ring (bicyclic) bond motifs is 1. The van der Waals surface area contributed by atoms with Gasteiger partial charge in [-0.05, 0) is 43.4 Å². The minimum atomic E-state index is -0.379. The Labute approximate surface area is 170 Å². The van der Waals surface area contributed by atoms with Crippen LogP contribution in [0.25, 0.3) is 27.8 Å². The molecule has 0 atom stereocenters. The van der Waals surface area contributed by atoms with Crippen LogP contribution in [0, 0.1) is 12.3 Å². The van der Waals surface area contributed by atoms with E-state index in [-0.39, 0.29) is 5.54 Å². The van der Waals surface area contributed by atoms with Crippen LogP contribution in [-0.2, 0) is 0 Å². The summed E-state index contributed by atoms with van der Waals surface area (Å²) >= 11 is 0. The first-order valence-corrected chi connectivity index (χ1v) is 9.59. The monoisotopic (exact) mass is 385 g/mol. The molecule has 0 radical (unpaired) electrons. The van der Waals surface area contributed by atoms with Crippen molar-refractivity contribution in [2.24, 2.45) is 5.73 Å². The van der Waals surface area contributed by atoms with Gasteiger partial charge in [0.1, 0.15) is 17.5 Å². The molecule has 3 aromatic rings. The lowest BCUT2D eigenvalue weighted by molar-refractivity contribution is 0.306. The van der Waals surface area contributed by atoms with Gasteiger partial charge in [0, 0.05) is 16.7 Å². The number of hydrogen-bond donors (Lipinski definition) is 1. The Morgan fingerprint density at radius 2 is 2.00 bits per heavy atom. The van der Waals surface area contributed by atoms with Crippen LogP contribution in [0.1, 0.15) is 31.9 Å². The summed E-state index contributed by atoms with van der Waals surface area (Å²) in [5, 5.41) is 0.749. The van der Waals surface area contributed by atoms with Crippen molar-refractivity contribution in [3.63, 3.8) is 0 Å². The minimum absolute atomic E-state index is 0.379. The van der Waals surface area contributed by atoms with E-state index < -0.39 is 0 Å². The highest BCUT2D eigenvalue weighted by Gasteiger charge is 2.35. The van der Waals surface area contributed by atoms with Gasteiger partial charge in [0.2, 0.25) is 11.6 Å². The van der Waals surface area contributed by atoms with Crippen molar-refractivity contribution in [3.8, 4) is 29.4 Å². The maximum atomic E-state index is 6.40. The van der Waals surface area contributed by atoms with Crippen molar-refractivity contribution in [1.82, 2.24) is 9.97 Å². The van der Waals surface area contributed by atoms with Crippen molar-refractivity contribution >= 4 is 16.7 Å². The molecule has 0 bridgehead atoms. The van der Waals surface area contributed by atoms with E-state index in [1.54, 1.807) is 7.11 Å². The number of nitrogens with two attached hydrogens (primary N) is 1. The first-order valence-electron chi connectivity index (χ1n) is 9.59. The number of methoxy groups -OCH3 is 1. The van der Waals surface area contributed by atoms with Gasteiger partial charge in [0.05, 0.1) is 7.11 Å². The van der Waals surface area contributed by atoms with E-state index in [0.717, 1.165) is 46.9 Å². The number of allylic oxidation sites excluding steroid dienone is 3. The van der Waals surface area contributed by atoms with Gasteiger partial charge in [0.25, 0.3) is 0 Å². The summed E-state index contributed by atoms with van der Waals surface area (Å²) in [6.07, 6.45) is 14.0. The largest absolute Gasteiger partial charge is 0.480 e. The van der Waals surface area contributed by atoms with Crippen molar-refractivity contribution < 1.29 is 9.15 Å². The predicted octanol–water partition coefficient (Wildman–Crippen LogP) is 4.74. The van der Waals surface area contributed by atoms with Crippen LogP contribution in [0.15, 0.2) is 58.8 Å². The maximum Gasteiger partial charge on any atom is 0.234 e. The normalized spacial score (nSPS) is 16.3. The van der Waals surface area contributed by atoms with E-state index in [0.29, 0.717) is 17.4 Å². The lowest BCUT2D eigenvalue weighted by atomic mass is 9.72. The fourth-order valence-electron chi connectivity index (χ4n) is 3.69. The molecule has 0 amide bonds. The lowest BCUT2D eigenvalue weighted by Crippen LogP contribution is -2.47. The second-order valence-electron chi connectivity index (χ2n) is 7.32. The van der Waals surface area contributed by atoms with E-state index in [9.17, 15) is 0 Å². The highest BCUT2D eigenvalue weighted by atomic mass is 16.5. The van der Waals surface area contributed by atoms with Gasteiger partial charge < -0.3 is 14.9 Å². The second kappa shape index (κ2) is 7.57. The molecule has 29 heavy (non-hydrogen) atoms. The molecule has 0 aliphatic heterocycles. The Morgan fingerprint density at radius 3 is 2.62 bits per heavy atom. The van der Waals surface area contributed by atoms with Crippen LogP contribution >= 0.6 is 0 Å². The lowest BCUT2D eigenvalue weighted by Gasteiger charge is -2.38.